The average Bonchev–Trinajstić information content (AvgIpc) is 3.25. The van der Waals surface area contributed by atoms with E-state index >= 15 is 0 Å². The molecular weight excluding hydrogens is 659 g/mol. The van der Waals surface area contributed by atoms with Crippen LogP contribution in [0.4, 0.5) is 0 Å². The van der Waals surface area contributed by atoms with Gasteiger partial charge in [0.2, 0.25) is 0 Å². The highest BCUT2D eigenvalue weighted by molar-refractivity contribution is 6.25. The minimum absolute atomic E-state index is 0.801. The van der Waals surface area contributed by atoms with Crippen molar-refractivity contribution in [3.8, 4) is 56.4 Å². The Labute approximate surface area is 310 Å². The van der Waals surface area contributed by atoms with Crippen LogP contribution < -0.4 is 0 Å². The highest BCUT2D eigenvalue weighted by Crippen LogP contribution is 2.40. The Morgan fingerprint density at radius 3 is 1.48 bits per heavy atom. The van der Waals surface area contributed by atoms with Gasteiger partial charge in [0.05, 0.1) is 45.2 Å². The van der Waals surface area contributed by atoms with Crippen molar-refractivity contribution in [1.82, 2.24) is 24.9 Å². The molecule has 5 nitrogen and oxygen atoms in total. The fourth-order valence-electron chi connectivity index (χ4n) is 7.86. The molecule has 0 saturated carbocycles. The van der Waals surface area contributed by atoms with Gasteiger partial charge < -0.3 is 0 Å². The number of aromatic nitrogens is 5. The Balaban J connectivity index is 1.000. The topological polar surface area (TPSA) is 64.5 Å². The predicted molar refractivity (Wildman–Crippen MR) is 221 cm³/mol. The van der Waals surface area contributed by atoms with Gasteiger partial charge in [-0.3, -0.25) is 9.97 Å². The van der Waals surface area contributed by atoms with Gasteiger partial charge in [0, 0.05) is 34.3 Å². The molecule has 250 valence electrons. The fourth-order valence-corrected chi connectivity index (χ4v) is 7.86. The smallest absolute Gasteiger partial charge is 0.0972 e. The summed E-state index contributed by atoms with van der Waals surface area (Å²) in [6, 6.07) is 57.2. The monoisotopic (exact) mass is 687 g/mol. The summed E-state index contributed by atoms with van der Waals surface area (Å²) in [5.74, 6) is 0. The molecule has 5 heteroatoms. The van der Waals surface area contributed by atoms with Crippen LogP contribution in [0.15, 0.2) is 176 Å². The van der Waals surface area contributed by atoms with Crippen molar-refractivity contribution in [2.45, 2.75) is 0 Å². The van der Waals surface area contributed by atoms with Crippen LogP contribution in [-0.4, -0.2) is 24.9 Å². The van der Waals surface area contributed by atoms with Gasteiger partial charge in [0.15, 0.2) is 0 Å². The molecule has 0 spiro atoms. The predicted octanol–water partition coefficient (Wildman–Crippen LogP) is 12.2. The van der Waals surface area contributed by atoms with E-state index in [0.717, 1.165) is 78.2 Å². The third-order valence-corrected chi connectivity index (χ3v) is 10.5. The minimum atomic E-state index is 0.801. The van der Waals surface area contributed by atoms with Gasteiger partial charge in [-0.25, -0.2) is 15.0 Å². The number of fused-ring (bicyclic) bond motifs is 3. The number of nitrogens with zero attached hydrogens (tertiary/aromatic N) is 5. The Morgan fingerprint density at radius 2 is 0.833 bits per heavy atom. The van der Waals surface area contributed by atoms with Gasteiger partial charge in [-0.15, -0.1) is 0 Å². The van der Waals surface area contributed by atoms with Gasteiger partial charge >= 0.3 is 0 Å². The molecule has 11 aromatic rings. The number of hydrogen-bond donors (Lipinski definition) is 0. The molecule has 0 N–H and O–H groups in total. The van der Waals surface area contributed by atoms with E-state index in [0.29, 0.717) is 0 Å². The zero-order valence-electron chi connectivity index (χ0n) is 29.0. The van der Waals surface area contributed by atoms with Gasteiger partial charge in [-0.1, -0.05) is 115 Å². The molecule has 0 fully saturated rings. The van der Waals surface area contributed by atoms with E-state index in [1.807, 2.05) is 36.4 Å². The minimum Gasteiger partial charge on any atom is -0.255 e. The second-order valence-corrected chi connectivity index (χ2v) is 13.7. The van der Waals surface area contributed by atoms with E-state index < -0.39 is 0 Å². The summed E-state index contributed by atoms with van der Waals surface area (Å²) in [5, 5.41) is 9.70. The van der Waals surface area contributed by atoms with Crippen LogP contribution >= 0.6 is 0 Å². The Morgan fingerprint density at radius 1 is 0.296 bits per heavy atom. The molecule has 6 aromatic carbocycles. The number of pyridine rings is 5. The fraction of sp³-hybridized carbons (Fsp3) is 0. The zero-order valence-corrected chi connectivity index (χ0v) is 29.0. The van der Waals surface area contributed by atoms with Crippen molar-refractivity contribution < 1.29 is 0 Å². The molecule has 11 rings (SSSR count). The molecule has 0 aliphatic heterocycles. The van der Waals surface area contributed by atoms with Crippen LogP contribution in [0.2, 0.25) is 0 Å². The van der Waals surface area contributed by atoms with E-state index in [2.05, 4.69) is 137 Å². The molecule has 0 amide bonds. The molecule has 0 saturated heterocycles. The van der Waals surface area contributed by atoms with Crippen LogP contribution in [0.1, 0.15) is 0 Å². The first-order chi connectivity index (χ1) is 26.7. The lowest BCUT2D eigenvalue weighted by Crippen LogP contribution is -1.94. The number of rotatable bonds is 5. The van der Waals surface area contributed by atoms with Crippen LogP contribution in [0.25, 0.3) is 111 Å². The van der Waals surface area contributed by atoms with Gasteiger partial charge in [-0.2, -0.15) is 0 Å². The van der Waals surface area contributed by atoms with E-state index in [1.54, 1.807) is 12.4 Å². The first-order valence-electron chi connectivity index (χ1n) is 18.1. The standard InChI is InChI=1S/C49H29N5/c1-3-26-50-42(8-1)44-28-37(29-45(52-44)43-9-2-4-27-51-43)30-10-12-31(13-11-30)40-24-20-35-16-17-36-21-25-41(54-49(36)48(35)53-40)38-22-18-34-15-14-32-6-5-7-33-19-23-39(38)47(34)46(32)33/h1-29H. The van der Waals surface area contributed by atoms with E-state index in [9.17, 15) is 0 Å². The lowest BCUT2D eigenvalue weighted by molar-refractivity contribution is 1.22. The second-order valence-electron chi connectivity index (χ2n) is 13.7. The van der Waals surface area contributed by atoms with Crippen molar-refractivity contribution in [2.75, 3.05) is 0 Å². The summed E-state index contributed by atoms with van der Waals surface area (Å²) in [4.78, 5) is 24.7. The summed E-state index contributed by atoms with van der Waals surface area (Å²) < 4.78 is 0. The molecule has 0 aliphatic rings. The zero-order chi connectivity index (χ0) is 35.6. The highest BCUT2D eigenvalue weighted by Gasteiger charge is 2.15. The molecule has 0 radical (unpaired) electrons. The molecule has 0 aliphatic carbocycles. The van der Waals surface area contributed by atoms with Crippen LogP contribution in [0.5, 0.6) is 0 Å². The summed E-state index contributed by atoms with van der Waals surface area (Å²) >= 11 is 0. The molecular formula is C49H29N5. The highest BCUT2D eigenvalue weighted by atomic mass is 14.8. The maximum Gasteiger partial charge on any atom is 0.0972 e. The first kappa shape index (κ1) is 30.3. The number of benzene rings is 6. The lowest BCUT2D eigenvalue weighted by Gasteiger charge is -2.14. The van der Waals surface area contributed by atoms with E-state index in [1.165, 1.54) is 32.3 Å². The van der Waals surface area contributed by atoms with Crippen LogP contribution in [0.3, 0.4) is 0 Å². The normalized spacial score (nSPS) is 11.7. The van der Waals surface area contributed by atoms with E-state index in [4.69, 9.17) is 15.0 Å². The molecule has 0 bridgehead atoms. The van der Waals surface area contributed by atoms with Gasteiger partial charge in [-0.05, 0) is 92.0 Å². The third kappa shape index (κ3) is 4.98. The summed E-state index contributed by atoms with van der Waals surface area (Å²) in [6.45, 7) is 0. The third-order valence-electron chi connectivity index (χ3n) is 10.5. The largest absolute Gasteiger partial charge is 0.255 e. The molecule has 54 heavy (non-hydrogen) atoms. The summed E-state index contributed by atoms with van der Waals surface area (Å²) in [6.07, 6.45) is 3.59. The van der Waals surface area contributed by atoms with Crippen LogP contribution in [-0.2, 0) is 0 Å². The summed E-state index contributed by atoms with van der Waals surface area (Å²) in [5.41, 5.74) is 11.1. The van der Waals surface area contributed by atoms with Crippen molar-refractivity contribution >= 4 is 54.1 Å². The van der Waals surface area contributed by atoms with Gasteiger partial charge in [0.1, 0.15) is 0 Å². The molecule has 5 aromatic heterocycles. The van der Waals surface area contributed by atoms with Crippen molar-refractivity contribution in [2.24, 2.45) is 0 Å². The van der Waals surface area contributed by atoms with Crippen molar-refractivity contribution in [1.29, 1.82) is 0 Å². The maximum atomic E-state index is 5.33. The lowest BCUT2D eigenvalue weighted by atomic mass is 9.91. The molecule has 5 heterocycles. The average molecular weight is 688 g/mol. The Kier molecular flexibility index (Phi) is 6.79. The Hall–Kier alpha value is -7.37. The number of hydrogen-bond acceptors (Lipinski definition) is 5. The SMILES string of the molecule is c1ccc(-c2cc(-c3ccc(-c4ccc5ccc6ccc(-c7ccc8ccc9cccc%10ccc7c8c9%10)nc6c5n4)cc3)cc(-c3ccccn3)n2)nc1. The molecule has 0 atom stereocenters. The van der Waals surface area contributed by atoms with Crippen LogP contribution in [0, 0.1) is 0 Å². The second kappa shape index (κ2) is 12.1. The maximum absolute atomic E-state index is 5.33. The molecule has 0 unspecified atom stereocenters. The van der Waals surface area contributed by atoms with Crippen molar-refractivity contribution in [3.05, 3.63) is 176 Å². The van der Waals surface area contributed by atoms with Crippen molar-refractivity contribution in [3.63, 3.8) is 0 Å². The van der Waals surface area contributed by atoms with E-state index in [-0.39, 0.29) is 0 Å². The first-order valence-corrected chi connectivity index (χ1v) is 18.1. The Bertz CT molecular complexity index is 3120. The summed E-state index contributed by atoms with van der Waals surface area (Å²) in [7, 11) is 0. The quantitative estimate of drug-likeness (QED) is 0.169. The van der Waals surface area contributed by atoms with Gasteiger partial charge in [0.25, 0.3) is 0 Å².